The third-order valence-electron chi connectivity index (χ3n) is 2.10. The van der Waals surface area contributed by atoms with Crippen molar-refractivity contribution in [3.8, 4) is 0 Å². The van der Waals surface area contributed by atoms with Crippen LogP contribution in [0.3, 0.4) is 0 Å². The zero-order chi connectivity index (χ0) is 12.8. The number of carbonyl (C=O) groups excluding carboxylic acids is 1. The molecule has 0 fully saturated rings. The van der Waals surface area contributed by atoms with E-state index < -0.39 is 0 Å². The molecule has 5 nitrogen and oxygen atoms in total. The van der Waals surface area contributed by atoms with Crippen molar-refractivity contribution < 1.29 is 4.79 Å². The molecule has 0 heterocycles. The molecule has 6 heteroatoms. The molecule has 1 aromatic rings. The highest BCUT2D eigenvalue weighted by Gasteiger charge is 2.04. The number of hydrogen-bond donors (Lipinski definition) is 3. The van der Waals surface area contributed by atoms with Gasteiger partial charge in [-0.3, -0.25) is 9.79 Å². The van der Waals surface area contributed by atoms with Gasteiger partial charge in [0.05, 0.1) is 6.54 Å². The van der Waals surface area contributed by atoms with Crippen LogP contribution in [-0.2, 0) is 4.79 Å². The van der Waals surface area contributed by atoms with Crippen molar-refractivity contribution in [3.63, 3.8) is 0 Å². The molecule has 1 aromatic carbocycles. The van der Waals surface area contributed by atoms with Crippen molar-refractivity contribution in [2.24, 2.45) is 16.5 Å². The van der Waals surface area contributed by atoms with Crippen molar-refractivity contribution in [1.82, 2.24) is 0 Å². The van der Waals surface area contributed by atoms with Crippen molar-refractivity contribution in [1.29, 1.82) is 0 Å². The number of nitrogens with one attached hydrogen (secondary N) is 1. The van der Waals surface area contributed by atoms with Gasteiger partial charge in [-0.2, -0.15) is 0 Å². The molecule has 1 rings (SSSR count). The second-order valence-corrected chi connectivity index (χ2v) is 4.48. The number of nitrogens with two attached hydrogens (primary N) is 2. The maximum absolute atomic E-state index is 11.6. The summed E-state index contributed by atoms with van der Waals surface area (Å²) in [6, 6.07) is 5.65. The van der Waals surface area contributed by atoms with Gasteiger partial charge in [0.15, 0.2) is 5.96 Å². The fraction of sp³-hybridized carbons (Fsp3) is 0.273. The fourth-order valence-corrected chi connectivity index (χ4v) is 1.74. The van der Waals surface area contributed by atoms with Gasteiger partial charge in [-0.1, -0.05) is 15.9 Å². The van der Waals surface area contributed by atoms with Gasteiger partial charge < -0.3 is 16.8 Å². The molecule has 5 N–H and O–H groups in total. The first kappa shape index (κ1) is 13.5. The lowest BCUT2D eigenvalue weighted by Crippen LogP contribution is -2.23. The minimum absolute atomic E-state index is 0.00220. The lowest BCUT2D eigenvalue weighted by Gasteiger charge is -2.07. The number of carbonyl (C=O) groups is 1. The number of nitrogens with zero attached hydrogens (tertiary/aromatic N) is 1. The Morgan fingerprint density at radius 2 is 2.18 bits per heavy atom. The molecule has 0 aliphatic heterocycles. The fourth-order valence-electron chi connectivity index (χ4n) is 1.27. The molecule has 0 aliphatic rings. The monoisotopic (exact) mass is 298 g/mol. The Hall–Kier alpha value is -1.56. The Balaban J connectivity index is 2.53. The van der Waals surface area contributed by atoms with Crippen molar-refractivity contribution in [3.05, 3.63) is 28.2 Å². The summed E-state index contributed by atoms with van der Waals surface area (Å²) in [6.45, 7) is 2.22. The molecule has 17 heavy (non-hydrogen) atoms. The predicted molar refractivity (Wildman–Crippen MR) is 72.8 cm³/mol. The van der Waals surface area contributed by atoms with E-state index in [4.69, 9.17) is 11.5 Å². The SMILES string of the molecule is Cc1cc(Br)ccc1NC(=O)CCN=C(N)N. The largest absolute Gasteiger partial charge is 0.370 e. The number of amides is 1. The number of hydrogen-bond acceptors (Lipinski definition) is 2. The highest BCUT2D eigenvalue weighted by Crippen LogP contribution is 2.19. The summed E-state index contributed by atoms with van der Waals surface area (Å²) in [5.74, 6) is -0.113. The zero-order valence-electron chi connectivity index (χ0n) is 9.53. The molecular formula is C11H15BrN4O. The van der Waals surface area contributed by atoms with Crippen LogP contribution in [0.25, 0.3) is 0 Å². The molecule has 0 aromatic heterocycles. The smallest absolute Gasteiger partial charge is 0.226 e. The third-order valence-corrected chi connectivity index (χ3v) is 2.59. The second kappa shape index (κ2) is 6.24. The maximum Gasteiger partial charge on any atom is 0.226 e. The molecule has 0 aliphatic carbocycles. The van der Waals surface area contributed by atoms with Crippen LogP contribution >= 0.6 is 15.9 Å². The van der Waals surface area contributed by atoms with E-state index in [0.717, 1.165) is 15.7 Å². The van der Waals surface area contributed by atoms with Gasteiger partial charge in [-0.15, -0.1) is 0 Å². The summed E-state index contributed by atoms with van der Waals surface area (Å²) >= 11 is 3.36. The quantitative estimate of drug-likeness (QED) is 0.579. The van der Waals surface area contributed by atoms with Crippen LogP contribution in [0.1, 0.15) is 12.0 Å². The van der Waals surface area contributed by atoms with E-state index in [-0.39, 0.29) is 18.3 Å². The molecule has 0 saturated heterocycles. The first-order chi connectivity index (χ1) is 7.99. The van der Waals surface area contributed by atoms with E-state index >= 15 is 0 Å². The Morgan fingerprint density at radius 1 is 1.47 bits per heavy atom. The van der Waals surface area contributed by atoms with Gasteiger partial charge in [0, 0.05) is 16.6 Å². The minimum Gasteiger partial charge on any atom is -0.370 e. The van der Waals surface area contributed by atoms with Crippen LogP contribution < -0.4 is 16.8 Å². The molecule has 1 amide bonds. The van der Waals surface area contributed by atoms with E-state index in [1.807, 2.05) is 25.1 Å². The summed E-state index contributed by atoms with van der Waals surface area (Å²) in [7, 11) is 0. The molecule has 0 spiro atoms. The van der Waals surface area contributed by atoms with Gasteiger partial charge in [0.2, 0.25) is 5.91 Å². The van der Waals surface area contributed by atoms with Crippen molar-refractivity contribution in [2.75, 3.05) is 11.9 Å². The molecule has 92 valence electrons. The number of guanidine groups is 1. The Bertz CT molecular complexity index is 441. The zero-order valence-corrected chi connectivity index (χ0v) is 11.1. The summed E-state index contributed by atoms with van der Waals surface area (Å²) in [5, 5.41) is 2.80. The standard InChI is InChI=1S/C11H15BrN4O/c1-7-6-8(12)2-3-9(7)16-10(17)4-5-15-11(13)14/h2-3,6H,4-5H2,1H3,(H,16,17)(H4,13,14,15). The van der Waals surface area contributed by atoms with E-state index in [9.17, 15) is 4.79 Å². The third kappa shape index (κ3) is 4.86. The Labute approximate surface area is 108 Å². The number of benzene rings is 1. The lowest BCUT2D eigenvalue weighted by molar-refractivity contribution is -0.116. The summed E-state index contributed by atoms with van der Waals surface area (Å²) in [6.07, 6.45) is 0.257. The topological polar surface area (TPSA) is 93.5 Å². The van der Waals surface area contributed by atoms with E-state index in [1.165, 1.54) is 0 Å². The lowest BCUT2D eigenvalue weighted by atomic mass is 10.2. The van der Waals surface area contributed by atoms with Gasteiger partial charge in [0.25, 0.3) is 0 Å². The first-order valence-electron chi connectivity index (χ1n) is 5.10. The molecular weight excluding hydrogens is 284 g/mol. The number of aryl methyl sites for hydroxylation is 1. The van der Waals surface area contributed by atoms with Crippen LogP contribution in [0, 0.1) is 6.92 Å². The highest BCUT2D eigenvalue weighted by molar-refractivity contribution is 9.10. The minimum atomic E-state index is -0.111. The number of aliphatic imine (C=N–C) groups is 1. The first-order valence-corrected chi connectivity index (χ1v) is 5.89. The summed E-state index contributed by atoms with van der Waals surface area (Å²) in [4.78, 5) is 15.3. The summed E-state index contributed by atoms with van der Waals surface area (Å²) in [5.41, 5.74) is 12.1. The van der Waals surface area contributed by atoms with Crippen LogP contribution in [0.15, 0.2) is 27.7 Å². The van der Waals surface area contributed by atoms with Crippen LogP contribution in [0.5, 0.6) is 0 Å². The molecule has 0 atom stereocenters. The number of rotatable bonds is 4. The van der Waals surface area contributed by atoms with E-state index in [1.54, 1.807) is 0 Å². The maximum atomic E-state index is 11.6. The molecule has 0 radical (unpaired) electrons. The normalized spacial score (nSPS) is 9.76. The van der Waals surface area contributed by atoms with E-state index in [0.29, 0.717) is 6.54 Å². The van der Waals surface area contributed by atoms with Crippen molar-refractivity contribution >= 4 is 33.5 Å². The molecule has 0 saturated carbocycles. The van der Waals surface area contributed by atoms with Gasteiger partial charge in [-0.25, -0.2) is 0 Å². The van der Waals surface area contributed by atoms with Crippen molar-refractivity contribution in [2.45, 2.75) is 13.3 Å². The number of anilines is 1. The average molecular weight is 299 g/mol. The van der Waals surface area contributed by atoms with Crippen LogP contribution in [0.4, 0.5) is 5.69 Å². The molecule has 0 unspecified atom stereocenters. The highest BCUT2D eigenvalue weighted by atomic mass is 79.9. The van der Waals surface area contributed by atoms with Crippen LogP contribution in [0.2, 0.25) is 0 Å². The van der Waals surface area contributed by atoms with E-state index in [2.05, 4.69) is 26.2 Å². The Morgan fingerprint density at radius 3 is 2.76 bits per heavy atom. The molecule has 0 bridgehead atoms. The van der Waals surface area contributed by atoms with Gasteiger partial charge >= 0.3 is 0 Å². The second-order valence-electron chi connectivity index (χ2n) is 3.56. The van der Waals surface area contributed by atoms with Gasteiger partial charge in [-0.05, 0) is 30.7 Å². The summed E-state index contributed by atoms with van der Waals surface area (Å²) < 4.78 is 0.980. The van der Waals surface area contributed by atoms with Crippen LogP contribution in [-0.4, -0.2) is 18.4 Å². The predicted octanol–water partition coefficient (Wildman–Crippen LogP) is 1.36. The Kier molecular flexibility index (Phi) is 4.96. The number of halogens is 1. The van der Waals surface area contributed by atoms with Gasteiger partial charge in [0.1, 0.15) is 0 Å². The average Bonchev–Trinajstić information content (AvgIpc) is 2.21.